The second-order valence-electron chi connectivity index (χ2n) is 7.34. The summed E-state index contributed by atoms with van der Waals surface area (Å²) in [6, 6.07) is 9.86. The summed E-state index contributed by atoms with van der Waals surface area (Å²) in [5.41, 5.74) is 0.555. The summed E-state index contributed by atoms with van der Waals surface area (Å²) in [5, 5.41) is 3.10. The SMILES string of the molecule is CN(Cc1cccs1)C1CCCCCC1N(C)C(=O)c1cc(Cl)cc(Cl)c1. The zero-order chi connectivity index (χ0) is 19.4. The summed E-state index contributed by atoms with van der Waals surface area (Å²) in [5.74, 6) is -0.0131. The third-order valence-electron chi connectivity index (χ3n) is 5.42. The Morgan fingerprint density at radius 2 is 1.74 bits per heavy atom. The first kappa shape index (κ1) is 20.7. The fraction of sp³-hybridized carbons (Fsp3) is 0.476. The molecule has 0 radical (unpaired) electrons. The standard InChI is InChI=1S/C21H26Cl2N2OS/c1-24(14-18-7-6-10-27-18)19-8-4-3-5-9-20(19)25(2)21(26)15-11-16(22)13-17(23)12-15/h6-7,10-13,19-20H,3-5,8-9,14H2,1-2H3. The molecule has 1 aliphatic rings. The number of carbonyl (C=O) groups is 1. The second kappa shape index (κ2) is 9.42. The molecule has 1 aromatic carbocycles. The van der Waals surface area contributed by atoms with Gasteiger partial charge in [-0.1, -0.05) is 48.5 Å². The maximum atomic E-state index is 13.1. The van der Waals surface area contributed by atoms with Gasteiger partial charge in [0.05, 0.1) is 0 Å². The molecule has 1 aromatic heterocycles. The van der Waals surface area contributed by atoms with Crippen molar-refractivity contribution in [3.63, 3.8) is 0 Å². The Hall–Kier alpha value is -1.07. The van der Waals surface area contributed by atoms with Crippen molar-refractivity contribution in [2.24, 2.45) is 0 Å². The fourth-order valence-electron chi connectivity index (χ4n) is 4.03. The molecule has 0 N–H and O–H groups in total. The van der Waals surface area contributed by atoms with Gasteiger partial charge in [0.1, 0.15) is 0 Å². The average molecular weight is 425 g/mol. The second-order valence-corrected chi connectivity index (χ2v) is 9.25. The van der Waals surface area contributed by atoms with E-state index in [0.29, 0.717) is 21.7 Å². The van der Waals surface area contributed by atoms with Crippen LogP contribution in [0.5, 0.6) is 0 Å². The lowest BCUT2D eigenvalue weighted by Crippen LogP contribution is -2.50. The van der Waals surface area contributed by atoms with Gasteiger partial charge in [0.2, 0.25) is 0 Å². The maximum absolute atomic E-state index is 13.1. The Morgan fingerprint density at radius 1 is 1.07 bits per heavy atom. The van der Waals surface area contributed by atoms with Crippen LogP contribution in [-0.2, 0) is 6.54 Å². The first-order valence-corrected chi connectivity index (χ1v) is 11.0. The molecule has 1 fully saturated rings. The van der Waals surface area contributed by atoms with Gasteiger partial charge in [0.15, 0.2) is 0 Å². The number of benzene rings is 1. The van der Waals surface area contributed by atoms with Crippen molar-refractivity contribution in [1.82, 2.24) is 9.80 Å². The van der Waals surface area contributed by atoms with Crippen molar-refractivity contribution in [1.29, 1.82) is 0 Å². The lowest BCUT2D eigenvalue weighted by molar-refractivity contribution is 0.0577. The summed E-state index contributed by atoms with van der Waals surface area (Å²) in [6.07, 6.45) is 5.73. The van der Waals surface area contributed by atoms with E-state index in [4.69, 9.17) is 23.2 Å². The van der Waals surface area contributed by atoms with Crippen LogP contribution in [0.1, 0.15) is 47.3 Å². The van der Waals surface area contributed by atoms with Crippen LogP contribution in [0.4, 0.5) is 0 Å². The molecule has 1 aliphatic carbocycles. The van der Waals surface area contributed by atoms with E-state index in [1.165, 1.54) is 17.7 Å². The number of hydrogen-bond acceptors (Lipinski definition) is 3. The number of halogens is 2. The van der Waals surface area contributed by atoms with Crippen LogP contribution in [-0.4, -0.2) is 41.9 Å². The van der Waals surface area contributed by atoms with Gasteiger partial charge >= 0.3 is 0 Å². The van der Waals surface area contributed by atoms with Gasteiger partial charge in [0, 0.05) is 46.2 Å². The Balaban J connectivity index is 1.80. The highest BCUT2D eigenvalue weighted by Crippen LogP contribution is 2.28. The molecule has 27 heavy (non-hydrogen) atoms. The molecule has 2 unspecified atom stereocenters. The Morgan fingerprint density at radius 3 is 2.37 bits per heavy atom. The number of nitrogens with zero attached hydrogens (tertiary/aromatic N) is 2. The van der Waals surface area contributed by atoms with E-state index < -0.39 is 0 Å². The van der Waals surface area contributed by atoms with Crippen molar-refractivity contribution in [3.8, 4) is 0 Å². The Bertz CT molecular complexity index is 745. The van der Waals surface area contributed by atoms with Crippen LogP contribution in [0.15, 0.2) is 35.7 Å². The van der Waals surface area contributed by atoms with E-state index >= 15 is 0 Å². The fourth-order valence-corrected chi connectivity index (χ4v) is 5.32. The smallest absolute Gasteiger partial charge is 0.254 e. The number of amides is 1. The molecule has 0 saturated heterocycles. The highest BCUT2D eigenvalue weighted by atomic mass is 35.5. The molecule has 1 amide bonds. The molecule has 3 nitrogen and oxygen atoms in total. The molecule has 1 heterocycles. The monoisotopic (exact) mass is 424 g/mol. The van der Waals surface area contributed by atoms with E-state index in [0.717, 1.165) is 25.8 Å². The van der Waals surface area contributed by atoms with Gasteiger partial charge in [-0.25, -0.2) is 0 Å². The van der Waals surface area contributed by atoms with E-state index in [-0.39, 0.29) is 11.9 Å². The lowest BCUT2D eigenvalue weighted by Gasteiger charge is -2.38. The van der Waals surface area contributed by atoms with Gasteiger partial charge in [0.25, 0.3) is 5.91 Å². The van der Waals surface area contributed by atoms with Crippen molar-refractivity contribution in [3.05, 3.63) is 56.2 Å². The predicted molar refractivity (Wildman–Crippen MR) is 115 cm³/mol. The lowest BCUT2D eigenvalue weighted by atomic mass is 9.99. The summed E-state index contributed by atoms with van der Waals surface area (Å²) in [6.45, 7) is 0.920. The molecule has 1 saturated carbocycles. The first-order chi connectivity index (χ1) is 13.0. The van der Waals surface area contributed by atoms with Gasteiger partial charge in [-0.15, -0.1) is 11.3 Å². The molecular formula is C21H26Cl2N2OS. The number of carbonyl (C=O) groups excluding carboxylic acids is 1. The molecule has 0 spiro atoms. The van der Waals surface area contributed by atoms with Crippen LogP contribution >= 0.6 is 34.5 Å². The summed E-state index contributed by atoms with van der Waals surface area (Å²) in [4.78, 5) is 18.8. The number of rotatable bonds is 5. The molecule has 0 aliphatic heterocycles. The van der Waals surface area contributed by atoms with Crippen LogP contribution in [0, 0.1) is 0 Å². The largest absolute Gasteiger partial charge is 0.337 e. The molecule has 3 rings (SSSR count). The molecule has 6 heteroatoms. The molecule has 2 atom stereocenters. The Kier molecular flexibility index (Phi) is 7.21. The molecule has 0 bridgehead atoms. The van der Waals surface area contributed by atoms with E-state index in [1.54, 1.807) is 29.5 Å². The van der Waals surface area contributed by atoms with Crippen molar-refractivity contribution < 1.29 is 4.79 Å². The van der Waals surface area contributed by atoms with E-state index in [1.807, 2.05) is 11.9 Å². The quantitative estimate of drug-likeness (QED) is 0.552. The van der Waals surface area contributed by atoms with Crippen LogP contribution in [0.25, 0.3) is 0 Å². The van der Waals surface area contributed by atoms with Gasteiger partial charge in [-0.3, -0.25) is 9.69 Å². The Labute approximate surface area is 175 Å². The third-order valence-corrected chi connectivity index (χ3v) is 6.72. The number of likely N-dealkylation sites (N-methyl/N-ethyl adjacent to an activating group) is 2. The summed E-state index contributed by atoms with van der Waals surface area (Å²) >= 11 is 14.0. The minimum atomic E-state index is -0.0131. The van der Waals surface area contributed by atoms with E-state index in [9.17, 15) is 4.79 Å². The van der Waals surface area contributed by atoms with Gasteiger partial charge in [-0.05, 0) is 49.5 Å². The summed E-state index contributed by atoms with van der Waals surface area (Å²) < 4.78 is 0. The molecule has 2 aromatic rings. The minimum Gasteiger partial charge on any atom is -0.337 e. The van der Waals surface area contributed by atoms with Gasteiger partial charge in [-0.2, -0.15) is 0 Å². The predicted octanol–water partition coefficient (Wildman–Crippen LogP) is 5.96. The number of thiophene rings is 1. The van der Waals surface area contributed by atoms with Crippen molar-refractivity contribution in [2.75, 3.05) is 14.1 Å². The summed E-state index contributed by atoms with van der Waals surface area (Å²) in [7, 11) is 4.09. The maximum Gasteiger partial charge on any atom is 0.254 e. The highest BCUT2D eigenvalue weighted by Gasteiger charge is 2.32. The van der Waals surface area contributed by atoms with Crippen molar-refractivity contribution in [2.45, 2.75) is 50.7 Å². The number of hydrogen-bond donors (Lipinski definition) is 0. The normalized spacial score (nSPS) is 20.5. The third kappa shape index (κ3) is 5.26. The van der Waals surface area contributed by atoms with Crippen LogP contribution < -0.4 is 0 Å². The topological polar surface area (TPSA) is 23.6 Å². The van der Waals surface area contributed by atoms with Gasteiger partial charge < -0.3 is 4.90 Å². The average Bonchev–Trinajstić information content (AvgIpc) is 3.01. The zero-order valence-electron chi connectivity index (χ0n) is 15.8. The minimum absolute atomic E-state index is 0.0131. The zero-order valence-corrected chi connectivity index (χ0v) is 18.2. The van der Waals surface area contributed by atoms with E-state index in [2.05, 4.69) is 29.5 Å². The van der Waals surface area contributed by atoms with Crippen molar-refractivity contribution >= 4 is 40.4 Å². The first-order valence-electron chi connectivity index (χ1n) is 9.41. The van der Waals surface area contributed by atoms with Crippen LogP contribution in [0.3, 0.4) is 0 Å². The molecular weight excluding hydrogens is 399 g/mol. The molecule has 146 valence electrons. The van der Waals surface area contributed by atoms with Crippen LogP contribution in [0.2, 0.25) is 10.0 Å². The highest BCUT2D eigenvalue weighted by molar-refractivity contribution is 7.09.